The molecule has 1 aromatic heterocycles. The number of aromatic nitrogens is 2. The fourth-order valence-electron chi connectivity index (χ4n) is 2.92. The van der Waals surface area contributed by atoms with Gasteiger partial charge in [-0.05, 0) is 43.5 Å². The predicted molar refractivity (Wildman–Crippen MR) is 117 cm³/mol. The van der Waals surface area contributed by atoms with Crippen LogP contribution in [0.3, 0.4) is 0 Å². The zero-order valence-electron chi connectivity index (χ0n) is 17.2. The van der Waals surface area contributed by atoms with Crippen LogP contribution in [0, 0.1) is 13.8 Å². The summed E-state index contributed by atoms with van der Waals surface area (Å²) in [6.45, 7) is 6.14. The lowest BCUT2D eigenvalue weighted by molar-refractivity contribution is -0.128. The molecule has 0 aliphatic carbocycles. The van der Waals surface area contributed by atoms with Gasteiger partial charge in [0.05, 0.1) is 5.69 Å². The summed E-state index contributed by atoms with van der Waals surface area (Å²) < 4.78 is 7.03. The molecule has 0 saturated heterocycles. The van der Waals surface area contributed by atoms with Crippen molar-refractivity contribution in [3.8, 4) is 11.6 Å². The number of aryl methyl sites for hydroxylation is 2. The lowest BCUT2D eigenvalue weighted by Crippen LogP contribution is -2.38. The second kappa shape index (κ2) is 9.59. The van der Waals surface area contributed by atoms with Gasteiger partial charge in [-0.25, -0.2) is 0 Å². The molecule has 2 aromatic carbocycles. The lowest BCUT2D eigenvalue weighted by atomic mass is 10.1. The summed E-state index contributed by atoms with van der Waals surface area (Å²) in [5.41, 5.74) is 3.26. The van der Waals surface area contributed by atoms with Crippen molar-refractivity contribution >= 4 is 17.5 Å². The second-order valence-electron chi connectivity index (χ2n) is 7.07. The van der Waals surface area contributed by atoms with Gasteiger partial charge < -0.3 is 10.1 Å². The van der Waals surface area contributed by atoms with E-state index in [1.807, 2.05) is 51.1 Å². The molecule has 1 atom stereocenters. The van der Waals surface area contributed by atoms with Crippen LogP contribution in [0.5, 0.6) is 5.88 Å². The van der Waals surface area contributed by atoms with E-state index in [4.69, 9.17) is 16.3 Å². The topological polar surface area (TPSA) is 73.2 Å². The Balaban J connectivity index is 1.75. The molecule has 1 N–H and O–H groups in total. The number of carbonyl (C=O) groups excluding carboxylic acids is 1. The SMILES string of the molecule is CC[C@H](Oc1ccc(=O)n(-c2cc(Cl)ccc2C)n1)C(=O)NCc1ccc(C)cc1. The summed E-state index contributed by atoms with van der Waals surface area (Å²) in [4.78, 5) is 24.9. The average Bonchev–Trinajstić information content (AvgIpc) is 2.74. The van der Waals surface area contributed by atoms with Crippen LogP contribution in [0.2, 0.25) is 5.02 Å². The van der Waals surface area contributed by atoms with E-state index >= 15 is 0 Å². The molecule has 0 aliphatic rings. The number of rotatable bonds is 7. The molecule has 0 aliphatic heterocycles. The van der Waals surface area contributed by atoms with Crippen molar-refractivity contribution in [2.24, 2.45) is 0 Å². The first-order valence-electron chi connectivity index (χ1n) is 9.74. The fraction of sp³-hybridized carbons (Fsp3) is 0.261. The van der Waals surface area contributed by atoms with Crippen LogP contribution in [-0.2, 0) is 11.3 Å². The summed E-state index contributed by atoms with van der Waals surface area (Å²) in [5, 5.41) is 7.67. The van der Waals surface area contributed by atoms with Gasteiger partial charge in [0.2, 0.25) is 5.88 Å². The molecule has 3 rings (SSSR count). The van der Waals surface area contributed by atoms with Gasteiger partial charge in [0.25, 0.3) is 11.5 Å². The van der Waals surface area contributed by atoms with Crippen LogP contribution in [0.4, 0.5) is 0 Å². The molecule has 0 saturated carbocycles. The predicted octanol–water partition coefficient (Wildman–Crippen LogP) is 3.98. The highest BCUT2D eigenvalue weighted by Gasteiger charge is 2.19. The zero-order valence-corrected chi connectivity index (χ0v) is 17.9. The van der Waals surface area contributed by atoms with E-state index in [9.17, 15) is 9.59 Å². The molecule has 1 heterocycles. The van der Waals surface area contributed by atoms with E-state index in [1.165, 1.54) is 16.8 Å². The molecule has 7 heteroatoms. The quantitative estimate of drug-likeness (QED) is 0.621. The van der Waals surface area contributed by atoms with Crippen molar-refractivity contribution in [3.63, 3.8) is 0 Å². The third-order valence-corrected chi connectivity index (χ3v) is 4.92. The van der Waals surface area contributed by atoms with Crippen LogP contribution in [-0.4, -0.2) is 21.8 Å². The maximum absolute atomic E-state index is 12.6. The highest BCUT2D eigenvalue weighted by molar-refractivity contribution is 6.30. The largest absolute Gasteiger partial charge is 0.463 e. The molecule has 0 bridgehead atoms. The van der Waals surface area contributed by atoms with Gasteiger partial charge in [0.15, 0.2) is 6.10 Å². The molecule has 156 valence electrons. The first-order chi connectivity index (χ1) is 14.4. The van der Waals surface area contributed by atoms with Crippen molar-refractivity contribution < 1.29 is 9.53 Å². The van der Waals surface area contributed by atoms with Crippen molar-refractivity contribution in [2.75, 3.05) is 0 Å². The molecule has 0 unspecified atom stereocenters. The Morgan fingerprint density at radius 3 is 2.57 bits per heavy atom. The van der Waals surface area contributed by atoms with E-state index in [1.54, 1.807) is 12.1 Å². The Labute approximate surface area is 180 Å². The molecule has 0 radical (unpaired) electrons. The third-order valence-electron chi connectivity index (χ3n) is 4.69. The Hall–Kier alpha value is -3.12. The van der Waals surface area contributed by atoms with E-state index in [0.29, 0.717) is 23.7 Å². The molecule has 6 nitrogen and oxygen atoms in total. The fourth-order valence-corrected chi connectivity index (χ4v) is 3.08. The number of carbonyl (C=O) groups is 1. The first-order valence-corrected chi connectivity index (χ1v) is 10.1. The summed E-state index contributed by atoms with van der Waals surface area (Å²) >= 11 is 6.07. The van der Waals surface area contributed by atoms with Gasteiger partial charge >= 0.3 is 0 Å². The first kappa shape index (κ1) is 21.6. The Morgan fingerprint density at radius 1 is 1.13 bits per heavy atom. The number of ether oxygens (including phenoxy) is 1. The van der Waals surface area contributed by atoms with E-state index in [2.05, 4.69) is 10.4 Å². The summed E-state index contributed by atoms with van der Waals surface area (Å²) in [5.74, 6) is -0.0529. The number of nitrogens with zero attached hydrogens (tertiary/aromatic N) is 2. The second-order valence-corrected chi connectivity index (χ2v) is 7.51. The Bertz CT molecular complexity index is 1090. The van der Waals surface area contributed by atoms with Gasteiger partial charge in [-0.15, -0.1) is 5.10 Å². The van der Waals surface area contributed by atoms with Crippen LogP contribution < -0.4 is 15.6 Å². The minimum absolute atomic E-state index is 0.186. The molecule has 0 fully saturated rings. The van der Waals surface area contributed by atoms with Crippen LogP contribution in [0.1, 0.15) is 30.0 Å². The zero-order chi connectivity index (χ0) is 21.7. The molecular formula is C23H24ClN3O3. The molecule has 3 aromatic rings. The van der Waals surface area contributed by atoms with Crippen LogP contribution in [0.25, 0.3) is 5.69 Å². The van der Waals surface area contributed by atoms with Crippen molar-refractivity contribution in [2.45, 2.75) is 39.8 Å². The summed E-state index contributed by atoms with van der Waals surface area (Å²) in [7, 11) is 0. The van der Waals surface area contributed by atoms with Gasteiger partial charge in [0.1, 0.15) is 0 Å². The van der Waals surface area contributed by atoms with Crippen molar-refractivity contribution in [1.29, 1.82) is 0 Å². The monoisotopic (exact) mass is 425 g/mol. The highest BCUT2D eigenvalue weighted by Crippen LogP contribution is 2.19. The van der Waals surface area contributed by atoms with Gasteiger partial charge in [0, 0.05) is 23.7 Å². The van der Waals surface area contributed by atoms with Crippen molar-refractivity contribution in [1.82, 2.24) is 15.1 Å². The standard InChI is InChI=1S/C23H24ClN3O3/c1-4-20(23(29)25-14-17-8-5-15(2)6-9-17)30-21-11-12-22(28)27(26-21)19-13-18(24)10-7-16(19)3/h5-13,20H,4,14H2,1-3H3,(H,25,29)/t20-/m0/s1. The number of hydrogen-bond acceptors (Lipinski definition) is 4. The minimum Gasteiger partial charge on any atom is -0.463 e. The summed E-state index contributed by atoms with van der Waals surface area (Å²) in [6.07, 6.45) is -0.272. The number of halogens is 1. The number of amides is 1. The lowest BCUT2D eigenvalue weighted by Gasteiger charge is -2.17. The molecule has 30 heavy (non-hydrogen) atoms. The molecule has 1 amide bonds. The normalized spacial score (nSPS) is 11.7. The molecule has 0 spiro atoms. The Morgan fingerprint density at radius 2 is 1.87 bits per heavy atom. The maximum atomic E-state index is 12.6. The van der Waals surface area contributed by atoms with E-state index in [0.717, 1.165) is 16.7 Å². The average molecular weight is 426 g/mol. The van der Waals surface area contributed by atoms with Gasteiger partial charge in [-0.1, -0.05) is 54.4 Å². The number of nitrogens with one attached hydrogen (secondary N) is 1. The van der Waals surface area contributed by atoms with Crippen LogP contribution in [0.15, 0.2) is 59.4 Å². The van der Waals surface area contributed by atoms with Crippen molar-refractivity contribution in [3.05, 3.63) is 86.7 Å². The van der Waals surface area contributed by atoms with E-state index in [-0.39, 0.29) is 17.3 Å². The van der Waals surface area contributed by atoms with Gasteiger partial charge in [-0.2, -0.15) is 4.68 Å². The molecular weight excluding hydrogens is 402 g/mol. The third kappa shape index (κ3) is 5.27. The van der Waals surface area contributed by atoms with Gasteiger partial charge in [-0.3, -0.25) is 9.59 Å². The number of hydrogen-bond donors (Lipinski definition) is 1. The Kier molecular flexibility index (Phi) is 6.90. The maximum Gasteiger partial charge on any atom is 0.271 e. The summed E-state index contributed by atoms with van der Waals surface area (Å²) in [6, 6.07) is 16.0. The van der Waals surface area contributed by atoms with Crippen LogP contribution >= 0.6 is 11.6 Å². The number of benzene rings is 2. The van der Waals surface area contributed by atoms with E-state index < -0.39 is 6.10 Å². The highest BCUT2D eigenvalue weighted by atomic mass is 35.5. The smallest absolute Gasteiger partial charge is 0.271 e. The minimum atomic E-state index is -0.727.